The van der Waals surface area contributed by atoms with Gasteiger partial charge in [-0.1, -0.05) is 0 Å². The average Bonchev–Trinajstić information content (AvgIpc) is 2.61. The minimum atomic E-state index is -0.793. The normalized spacial score (nSPS) is 17.5. The van der Waals surface area contributed by atoms with Gasteiger partial charge in [0.2, 0.25) is 0 Å². The zero-order chi connectivity index (χ0) is 21.7. The van der Waals surface area contributed by atoms with E-state index in [0.29, 0.717) is 24.0 Å². The first-order chi connectivity index (χ1) is 13.7. The summed E-state index contributed by atoms with van der Waals surface area (Å²) in [5, 5.41) is 29.3. The quantitative estimate of drug-likeness (QED) is 0.378. The Morgan fingerprint density at radius 1 is 1.17 bits per heavy atom. The molecule has 0 fully saturated rings. The van der Waals surface area contributed by atoms with E-state index >= 15 is 0 Å². The number of phenols is 1. The molecule has 0 heterocycles. The number of hydrogen-bond donors (Lipinski definition) is 3. The first-order valence-corrected chi connectivity index (χ1v) is 9.82. The van der Waals surface area contributed by atoms with Crippen LogP contribution >= 0.6 is 0 Å². The number of rotatable bonds is 10. The molecule has 0 amide bonds. The van der Waals surface area contributed by atoms with E-state index in [9.17, 15) is 34.5 Å². The molecule has 3 unspecified atom stereocenters. The summed E-state index contributed by atoms with van der Waals surface area (Å²) in [5.74, 6) is -2.67. The molecule has 8 heteroatoms. The van der Waals surface area contributed by atoms with Crippen molar-refractivity contribution in [2.24, 2.45) is 17.8 Å². The number of hydrogen-bond acceptors (Lipinski definition) is 7. The van der Waals surface area contributed by atoms with E-state index in [0.717, 1.165) is 0 Å². The van der Waals surface area contributed by atoms with E-state index in [2.05, 4.69) is 0 Å². The fourth-order valence-electron chi connectivity index (χ4n) is 4.35. The summed E-state index contributed by atoms with van der Waals surface area (Å²) in [7, 11) is 0. The molecule has 1 aliphatic rings. The Balaban J connectivity index is 0. The number of aromatic hydroxyl groups is 1. The third kappa shape index (κ3) is 5.81. The van der Waals surface area contributed by atoms with Gasteiger partial charge >= 0.3 is 0 Å². The topological polar surface area (TPSA) is 160 Å². The highest BCUT2D eigenvalue weighted by Gasteiger charge is 2.35. The molecular formula is C22H34O8. The van der Waals surface area contributed by atoms with Crippen molar-refractivity contribution in [3.05, 3.63) is 28.8 Å². The van der Waals surface area contributed by atoms with Crippen molar-refractivity contribution in [2.75, 3.05) is 13.2 Å². The van der Waals surface area contributed by atoms with Crippen LogP contribution in [0.15, 0.2) is 12.1 Å². The van der Waals surface area contributed by atoms with Crippen LogP contribution < -0.4 is 0 Å². The summed E-state index contributed by atoms with van der Waals surface area (Å²) in [6, 6.07) is 2.86. The zero-order valence-corrected chi connectivity index (χ0v) is 17.3. The van der Waals surface area contributed by atoms with Crippen molar-refractivity contribution in [3.63, 3.8) is 0 Å². The fourth-order valence-corrected chi connectivity index (χ4v) is 4.35. The largest absolute Gasteiger partial charge is 0.507 e. The predicted octanol–water partition coefficient (Wildman–Crippen LogP) is 1.55. The van der Waals surface area contributed by atoms with Crippen molar-refractivity contribution >= 4 is 23.1 Å². The van der Waals surface area contributed by atoms with Crippen LogP contribution in [0, 0.1) is 17.8 Å². The standard InChI is InChI=1S/C22H28O7.H2O.2H2/c1-12(25)7-20(28)18(11-24)15(5-6-23)8-14-9-17-16(13(2)26)3-4-19(27)22(17)21(29)10-14;;;/h3-4,14-15,18,23-24,27H,5-11H2,1-2H3;1H2;2*1H. The predicted molar refractivity (Wildman–Crippen MR) is 113 cm³/mol. The Morgan fingerprint density at radius 3 is 2.37 bits per heavy atom. The molecule has 0 saturated carbocycles. The monoisotopic (exact) mass is 426 g/mol. The van der Waals surface area contributed by atoms with E-state index in [1.165, 1.54) is 26.0 Å². The highest BCUT2D eigenvalue weighted by Crippen LogP contribution is 2.38. The summed E-state index contributed by atoms with van der Waals surface area (Å²) in [6.45, 7) is 2.08. The van der Waals surface area contributed by atoms with Gasteiger partial charge in [-0.2, -0.15) is 0 Å². The third-order valence-corrected chi connectivity index (χ3v) is 5.65. The number of benzene rings is 1. The van der Waals surface area contributed by atoms with Gasteiger partial charge in [-0.05, 0) is 62.6 Å². The van der Waals surface area contributed by atoms with Crippen molar-refractivity contribution in [3.8, 4) is 5.75 Å². The van der Waals surface area contributed by atoms with E-state index in [1.54, 1.807) is 0 Å². The second kappa shape index (κ2) is 11.1. The number of aliphatic hydroxyl groups excluding tert-OH is 2. The van der Waals surface area contributed by atoms with Crippen molar-refractivity contribution in [2.45, 2.75) is 46.0 Å². The van der Waals surface area contributed by atoms with Crippen LogP contribution in [0.5, 0.6) is 5.75 Å². The summed E-state index contributed by atoms with van der Waals surface area (Å²) in [4.78, 5) is 48.3. The molecule has 1 aromatic rings. The van der Waals surface area contributed by atoms with Gasteiger partial charge in [-0.3, -0.25) is 19.2 Å². The molecule has 8 nitrogen and oxygen atoms in total. The molecule has 2 rings (SSSR count). The molecule has 170 valence electrons. The Labute approximate surface area is 178 Å². The highest BCUT2D eigenvalue weighted by molar-refractivity contribution is 6.06. The van der Waals surface area contributed by atoms with Crippen LogP contribution in [0.3, 0.4) is 0 Å². The molecule has 0 aromatic heterocycles. The Kier molecular flexibility index (Phi) is 9.48. The number of carbonyl (C=O) groups is 4. The molecule has 0 saturated heterocycles. The lowest BCUT2D eigenvalue weighted by Crippen LogP contribution is -2.32. The van der Waals surface area contributed by atoms with E-state index in [4.69, 9.17) is 0 Å². The maximum atomic E-state index is 12.7. The molecule has 5 N–H and O–H groups in total. The van der Waals surface area contributed by atoms with E-state index in [1.807, 2.05) is 0 Å². The van der Waals surface area contributed by atoms with Crippen LogP contribution in [0.4, 0.5) is 0 Å². The number of aliphatic hydroxyl groups is 2. The zero-order valence-electron chi connectivity index (χ0n) is 17.3. The third-order valence-electron chi connectivity index (χ3n) is 5.65. The Morgan fingerprint density at radius 2 is 1.83 bits per heavy atom. The molecular weight excluding hydrogens is 392 g/mol. The first-order valence-electron chi connectivity index (χ1n) is 9.82. The van der Waals surface area contributed by atoms with Gasteiger partial charge in [0.1, 0.15) is 17.3 Å². The SMILES string of the molecule is CC(=O)CC(=O)C(CO)C(CCO)CC1CC(=O)c2c(O)ccc(C(C)=O)c2C1.O.[HH].[HH]. The number of Topliss-reactive ketones (excluding diaryl/α,β-unsaturated/α-hetero) is 4. The number of carbonyl (C=O) groups excluding carboxylic acids is 4. The van der Waals surface area contributed by atoms with Gasteiger partial charge < -0.3 is 20.8 Å². The fraction of sp³-hybridized carbons (Fsp3) is 0.545. The van der Waals surface area contributed by atoms with Crippen LogP contribution in [-0.4, -0.2) is 57.1 Å². The lowest BCUT2D eigenvalue weighted by Gasteiger charge is -2.31. The second-order valence-electron chi connectivity index (χ2n) is 7.88. The highest BCUT2D eigenvalue weighted by atomic mass is 16.3. The van der Waals surface area contributed by atoms with Crippen LogP contribution in [-0.2, 0) is 16.0 Å². The number of ketones is 4. The Bertz CT molecular complexity index is 824. The Hall–Kier alpha value is -2.42. The minimum absolute atomic E-state index is 0. The summed E-state index contributed by atoms with van der Waals surface area (Å²) in [5.41, 5.74) is 1.08. The van der Waals surface area contributed by atoms with Crippen molar-refractivity contribution < 1.29 is 42.8 Å². The molecule has 0 radical (unpaired) electrons. The van der Waals surface area contributed by atoms with Gasteiger partial charge in [0.05, 0.1) is 18.6 Å². The van der Waals surface area contributed by atoms with Gasteiger partial charge in [-0.25, -0.2) is 0 Å². The van der Waals surface area contributed by atoms with E-state index in [-0.39, 0.29) is 74.6 Å². The molecule has 0 bridgehead atoms. The lowest BCUT2D eigenvalue weighted by molar-refractivity contribution is -0.131. The summed E-state index contributed by atoms with van der Waals surface area (Å²) < 4.78 is 0. The van der Waals surface area contributed by atoms with Gasteiger partial charge in [0.25, 0.3) is 0 Å². The van der Waals surface area contributed by atoms with E-state index < -0.39 is 18.4 Å². The van der Waals surface area contributed by atoms with Gasteiger partial charge in [-0.15, -0.1) is 0 Å². The smallest absolute Gasteiger partial charge is 0.167 e. The first kappa shape index (κ1) is 25.6. The van der Waals surface area contributed by atoms with Gasteiger partial charge in [0, 0.05) is 27.4 Å². The van der Waals surface area contributed by atoms with Crippen LogP contribution in [0.25, 0.3) is 0 Å². The van der Waals surface area contributed by atoms with Crippen molar-refractivity contribution in [1.29, 1.82) is 0 Å². The van der Waals surface area contributed by atoms with Crippen molar-refractivity contribution in [1.82, 2.24) is 0 Å². The van der Waals surface area contributed by atoms with Crippen LogP contribution in [0.1, 0.15) is 68.7 Å². The van der Waals surface area contributed by atoms with Crippen LogP contribution in [0.2, 0.25) is 0 Å². The maximum absolute atomic E-state index is 12.7. The summed E-state index contributed by atoms with van der Waals surface area (Å²) >= 11 is 0. The molecule has 1 aliphatic carbocycles. The average molecular weight is 427 g/mol. The number of phenolic OH excluding ortho intramolecular Hbond substituents is 1. The molecule has 0 spiro atoms. The molecule has 1 aromatic carbocycles. The maximum Gasteiger partial charge on any atom is 0.167 e. The molecule has 30 heavy (non-hydrogen) atoms. The van der Waals surface area contributed by atoms with Gasteiger partial charge in [0.15, 0.2) is 11.6 Å². The minimum Gasteiger partial charge on any atom is -0.507 e. The molecule has 3 atom stereocenters. The lowest BCUT2D eigenvalue weighted by atomic mass is 9.72. The molecule has 0 aliphatic heterocycles. The second-order valence-corrected chi connectivity index (χ2v) is 7.88. The summed E-state index contributed by atoms with van der Waals surface area (Å²) in [6.07, 6.45) is 0.885. The number of fused-ring (bicyclic) bond motifs is 1.